The van der Waals surface area contributed by atoms with Crippen LogP contribution in [0.3, 0.4) is 0 Å². The van der Waals surface area contributed by atoms with Gasteiger partial charge >= 0.3 is 0 Å². The molecule has 3 N–H and O–H groups in total. The first kappa shape index (κ1) is 29.0. The van der Waals surface area contributed by atoms with Gasteiger partial charge in [-0.05, 0) is 35.9 Å². The Kier molecular flexibility index (Phi) is 8.36. The zero-order valence-corrected chi connectivity index (χ0v) is 24.5. The fourth-order valence-corrected chi connectivity index (χ4v) is 5.87. The molecule has 0 bridgehead atoms. The van der Waals surface area contributed by atoms with E-state index in [0.717, 1.165) is 16.1 Å². The van der Waals surface area contributed by atoms with E-state index in [9.17, 15) is 18.0 Å². The largest absolute Gasteiger partial charge is 0.493 e. The number of piperazine rings is 1. The van der Waals surface area contributed by atoms with Crippen molar-refractivity contribution >= 4 is 50.2 Å². The van der Waals surface area contributed by atoms with Gasteiger partial charge in [0, 0.05) is 43.5 Å². The number of fused-ring (bicyclic) bond motifs is 1. The van der Waals surface area contributed by atoms with Gasteiger partial charge in [-0.15, -0.1) is 0 Å². The molecule has 0 aromatic heterocycles. The number of rotatable bonds is 9. The molecule has 3 aromatic carbocycles. The molecule has 2 heterocycles. The first-order valence-electron chi connectivity index (χ1n) is 13.4. The zero-order valence-electron chi connectivity index (χ0n) is 23.6. The monoisotopic (exact) mass is 591 g/mol. The fraction of sp³-hybridized carbons (Fsp3) is 0.267. The molecule has 3 aromatic rings. The highest BCUT2D eigenvalue weighted by Gasteiger charge is 2.31. The van der Waals surface area contributed by atoms with Gasteiger partial charge in [0.15, 0.2) is 11.5 Å². The number of anilines is 3. The first-order chi connectivity index (χ1) is 20.2. The van der Waals surface area contributed by atoms with Crippen LogP contribution in [-0.4, -0.2) is 78.3 Å². The summed E-state index contributed by atoms with van der Waals surface area (Å²) in [5.74, 6) is 0.433. The Bertz CT molecular complexity index is 1620. The summed E-state index contributed by atoms with van der Waals surface area (Å²) >= 11 is 0. The van der Waals surface area contributed by atoms with Crippen molar-refractivity contribution in [2.75, 3.05) is 68.1 Å². The van der Waals surface area contributed by atoms with Gasteiger partial charge in [0.05, 0.1) is 43.1 Å². The highest BCUT2D eigenvalue weighted by molar-refractivity contribution is 7.92. The molecular weight excluding hydrogens is 558 g/mol. The van der Waals surface area contributed by atoms with Gasteiger partial charge < -0.3 is 30.3 Å². The third-order valence-corrected chi connectivity index (χ3v) is 8.29. The lowest BCUT2D eigenvalue weighted by Crippen LogP contribution is -2.50. The van der Waals surface area contributed by atoms with Gasteiger partial charge in [0.2, 0.25) is 15.9 Å². The van der Waals surface area contributed by atoms with Crippen LogP contribution in [0.5, 0.6) is 11.5 Å². The van der Waals surface area contributed by atoms with E-state index in [2.05, 4.69) is 16.0 Å². The van der Waals surface area contributed by atoms with Gasteiger partial charge in [0.25, 0.3) is 5.91 Å². The maximum atomic E-state index is 13.3. The molecule has 2 aliphatic heterocycles. The van der Waals surface area contributed by atoms with Crippen molar-refractivity contribution in [1.29, 1.82) is 0 Å². The van der Waals surface area contributed by atoms with E-state index >= 15 is 0 Å². The van der Waals surface area contributed by atoms with E-state index in [1.807, 2.05) is 30.3 Å². The average Bonchev–Trinajstić information content (AvgIpc) is 3.32. The van der Waals surface area contributed by atoms with Gasteiger partial charge in [-0.2, -0.15) is 0 Å². The van der Waals surface area contributed by atoms with Crippen LogP contribution in [-0.2, 0) is 19.6 Å². The molecule has 0 radical (unpaired) electrons. The Balaban J connectivity index is 1.49. The average molecular weight is 592 g/mol. The number of amides is 2. The normalized spacial score (nSPS) is 15.9. The molecule has 0 spiro atoms. The molecule has 5 rings (SSSR count). The maximum absolute atomic E-state index is 13.3. The second-order valence-corrected chi connectivity index (χ2v) is 11.8. The number of carbonyl (C=O) groups is 2. The van der Waals surface area contributed by atoms with E-state index in [1.165, 1.54) is 14.2 Å². The van der Waals surface area contributed by atoms with Crippen LogP contribution in [0, 0.1) is 0 Å². The van der Waals surface area contributed by atoms with E-state index in [0.29, 0.717) is 71.6 Å². The molecule has 1 saturated heterocycles. The van der Waals surface area contributed by atoms with Gasteiger partial charge in [-0.3, -0.25) is 13.9 Å². The number of ether oxygens (including phenoxy) is 2. The van der Waals surface area contributed by atoms with Crippen LogP contribution in [0.4, 0.5) is 17.1 Å². The number of carbonyl (C=O) groups excluding carboxylic acids is 2. The fourth-order valence-electron chi connectivity index (χ4n) is 5.02. The van der Waals surface area contributed by atoms with Crippen LogP contribution >= 0.6 is 0 Å². The predicted molar refractivity (Wildman–Crippen MR) is 163 cm³/mol. The van der Waals surface area contributed by atoms with Crippen LogP contribution in [0.15, 0.2) is 66.7 Å². The third kappa shape index (κ3) is 6.04. The number of nitrogens with zero attached hydrogens (tertiary/aromatic N) is 2. The Morgan fingerprint density at radius 1 is 0.976 bits per heavy atom. The SMILES string of the molecule is COc1cc2c(cc1OC)C(=C(Nc1ccc(N(CC(=O)N3CCNCC3)S(C)(=O)=O)cc1)c1ccccc1)C(=O)N2. The highest BCUT2D eigenvalue weighted by atomic mass is 32.2. The number of hydrogen-bond donors (Lipinski definition) is 3. The molecule has 2 amide bonds. The summed E-state index contributed by atoms with van der Waals surface area (Å²) in [4.78, 5) is 27.9. The summed E-state index contributed by atoms with van der Waals surface area (Å²) in [5, 5.41) is 9.46. The summed E-state index contributed by atoms with van der Waals surface area (Å²) in [6.45, 7) is 2.13. The quantitative estimate of drug-likeness (QED) is 0.324. The second kappa shape index (κ2) is 12.1. The van der Waals surface area contributed by atoms with Crippen LogP contribution in [0.25, 0.3) is 11.3 Å². The third-order valence-electron chi connectivity index (χ3n) is 7.15. The molecule has 1 fully saturated rings. The molecule has 12 heteroatoms. The Morgan fingerprint density at radius 2 is 1.62 bits per heavy atom. The van der Waals surface area contributed by atoms with Gasteiger partial charge in [-0.1, -0.05) is 30.3 Å². The Hall–Kier alpha value is -4.55. The molecule has 0 unspecified atom stereocenters. The Morgan fingerprint density at radius 3 is 2.24 bits per heavy atom. The zero-order chi connectivity index (χ0) is 29.9. The minimum atomic E-state index is -3.73. The number of methoxy groups -OCH3 is 2. The van der Waals surface area contributed by atoms with Crippen molar-refractivity contribution in [2.45, 2.75) is 0 Å². The van der Waals surface area contributed by atoms with Crippen molar-refractivity contribution in [2.24, 2.45) is 0 Å². The first-order valence-corrected chi connectivity index (χ1v) is 15.2. The van der Waals surface area contributed by atoms with Crippen molar-refractivity contribution in [3.8, 4) is 11.5 Å². The standard InChI is InChI=1S/C30H33N5O6S/c1-40-25-17-23-24(18-26(25)41-2)33-30(37)28(23)29(20-7-5-4-6-8-20)32-21-9-11-22(12-10-21)35(42(3,38)39)19-27(36)34-15-13-31-14-16-34/h4-12,17-18,31-32H,13-16,19H2,1-3H3,(H,33,37). The summed E-state index contributed by atoms with van der Waals surface area (Å²) < 4.78 is 37.4. The number of hydrogen-bond acceptors (Lipinski definition) is 8. The molecule has 0 saturated carbocycles. The maximum Gasteiger partial charge on any atom is 0.258 e. The van der Waals surface area contributed by atoms with Gasteiger partial charge in [-0.25, -0.2) is 8.42 Å². The minimum absolute atomic E-state index is 0.252. The lowest BCUT2D eigenvalue weighted by molar-refractivity contribution is -0.130. The number of sulfonamides is 1. The van der Waals surface area contributed by atoms with E-state index in [4.69, 9.17) is 9.47 Å². The van der Waals surface area contributed by atoms with Crippen molar-refractivity contribution in [3.63, 3.8) is 0 Å². The molecule has 2 aliphatic rings. The van der Waals surface area contributed by atoms with Gasteiger partial charge in [0.1, 0.15) is 6.54 Å². The molecule has 42 heavy (non-hydrogen) atoms. The van der Waals surface area contributed by atoms with Crippen LogP contribution in [0.1, 0.15) is 11.1 Å². The number of benzene rings is 3. The topological polar surface area (TPSA) is 129 Å². The summed E-state index contributed by atoms with van der Waals surface area (Å²) in [6, 6.07) is 19.6. The lowest BCUT2D eigenvalue weighted by atomic mass is 9.99. The lowest BCUT2D eigenvalue weighted by Gasteiger charge is -2.30. The van der Waals surface area contributed by atoms with E-state index in [-0.39, 0.29) is 18.4 Å². The van der Waals surface area contributed by atoms with E-state index in [1.54, 1.807) is 41.3 Å². The van der Waals surface area contributed by atoms with Crippen LogP contribution in [0.2, 0.25) is 0 Å². The van der Waals surface area contributed by atoms with Crippen molar-refractivity contribution in [1.82, 2.24) is 10.2 Å². The summed E-state index contributed by atoms with van der Waals surface area (Å²) in [5.41, 5.74) is 3.97. The van der Waals surface area contributed by atoms with Crippen molar-refractivity contribution in [3.05, 3.63) is 77.9 Å². The second-order valence-electron chi connectivity index (χ2n) is 9.90. The van der Waals surface area contributed by atoms with Crippen molar-refractivity contribution < 1.29 is 27.5 Å². The molecule has 0 aliphatic carbocycles. The predicted octanol–water partition coefficient (Wildman–Crippen LogP) is 2.83. The molecule has 220 valence electrons. The minimum Gasteiger partial charge on any atom is -0.493 e. The molecule has 0 atom stereocenters. The molecular formula is C30H33N5O6S. The van der Waals surface area contributed by atoms with Crippen LogP contribution < -0.4 is 29.7 Å². The summed E-state index contributed by atoms with van der Waals surface area (Å²) in [6.07, 6.45) is 1.08. The highest BCUT2D eigenvalue weighted by Crippen LogP contribution is 2.43. The summed E-state index contributed by atoms with van der Waals surface area (Å²) in [7, 11) is -0.665. The Labute approximate surface area is 245 Å². The number of nitrogens with one attached hydrogen (secondary N) is 3. The smallest absolute Gasteiger partial charge is 0.258 e. The molecule has 11 nitrogen and oxygen atoms in total. The van der Waals surface area contributed by atoms with E-state index < -0.39 is 10.0 Å².